The number of aryl methyl sites for hydroxylation is 1. The van der Waals surface area contributed by atoms with Crippen molar-refractivity contribution in [3.8, 4) is 5.88 Å². The van der Waals surface area contributed by atoms with Crippen LogP contribution in [0.2, 0.25) is 0 Å². The number of halogens is 1. The Morgan fingerprint density at radius 3 is 2.61 bits per heavy atom. The number of pyridine rings is 1. The number of anilines is 1. The van der Waals surface area contributed by atoms with Crippen molar-refractivity contribution in [1.82, 2.24) is 9.88 Å². The van der Waals surface area contributed by atoms with Crippen molar-refractivity contribution in [3.63, 3.8) is 0 Å². The lowest BCUT2D eigenvalue weighted by Gasteiger charge is -2.08. The average molecular weight is 468 g/mol. The summed E-state index contributed by atoms with van der Waals surface area (Å²) < 4.78 is 33.8. The summed E-state index contributed by atoms with van der Waals surface area (Å²) in [6.45, 7) is 3.31. The zero-order valence-electron chi connectivity index (χ0n) is 15.4. The smallest absolute Gasteiger partial charge is 0.257 e. The summed E-state index contributed by atoms with van der Waals surface area (Å²) in [4.78, 5) is 24.9. The maximum absolute atomic E-state index is 12.5. The molecule has 2 N–H and O–H groups in total. The molecule has 3 aromatic rings. The van der Waals surface area contributed by atoms with Crippen LogP contribution >= 0.6 is 15.9 Å². The largest absolute Gasteiger partial charge is 0.439 e. The Kier molecular flexibility index (Phi) is 5.35. The fourth-order valence-corrected chi connectivity index (χ4v) is 3.90. The third-order valence-corrected chi connectivity index (χ3v) is 6.10. The first-order chi connectivity index (χ1) is 13.2. The number of furan rings is 1. The van der Waals surface area contributed by atoms with Crippen molar-refractivity contribution in [1.29, 1.82) is 0 Å². The summed E-state index contributed by atoms with van der Waals surface area (Å²) in [6, 6.07) is 6.21. The minimum absolute atomic E-state index is 0.0572. The molecule has 0 radical (unpaired) electrons. The molecule has 2 heterocycles. The van der Waals surface area contributed by atoms with Gasteiger partial charge in [-0.1, -0.05) is 0 Å². The van der Waals surface area contributed by atoms with Gasteiger partial charge in [-0.15, -0.1) is 0 Å². The molecule has 10 heteroatoms. The number of nitrogens with one attached hydrogen (secondary N) is 2. The van der Waals surface area contributed by atoms with Gasteiger partial charge in [0.1, 0.15) is 11.1 Å². The summed E-state index contributed by atoms with van der Waals surface area (Å²) >= 11 is 3.33. The molecule has 0 aliphatic carbocycles. The van der Waals surface area contributed by atoms with Crippen LogP contribution in [-0.4, -0.2) is 31.7 Å². The number of hydrogen-bond acceptors (Lipinski definition) is 5. The van der Waals surface area contributed by atoms with E-state index in [0.29, 0.717) is 9.86 Å². The lowest BCUT2D eigenvalue weighted by atomic mass is 10.1. The van der Waals surface area contributed by atoms with Gasteiger partial charge in [-0.2, -0.15) is 0 Å². The van der Waals surface area contributed by atoms with E-state index in [-0.39, 0.29) is 34.0 Å². The molecular weight excluding hydrogens is 450 g/mol. The zero-order chi connectivity index (χ0) is 20.6. The molecule has 0 saturated heterocycles. The van der Waals surface area contributed by atoms with E-state index in [1.807, 2.05) is 0 Å². The Bertz CT molecular complexity index is 1240. The molecule has 0 aliphatic heterocycles. The predicted molar refractivity (Wildman–Crippen MR) is 111 cm³/mol. The van der Waals surface area contributed by atoms with E-state index in [1.165, 1.54) is 36.9 Å². The van der Waals surface area contributed by atoms with E-state index in [1.54, 1.807) is 19.1 Å². The number of sulfonamides is 1. The van der Waals surface area contributed by atoms with E-state index in [4.69, 9.17) is 4.42 Å². The first-order valence-corrected chi connectivity index (χ1v) is 10.8. The highest BCUT2D eigenvalue weighted by molar-refractivity contribution is 9.10. The van der Waals surface area contributed by atoms with Gasteiger partial charge in [0.25, 0.3) is 11.5 Å². The molecule has 0 fully saturated rings. The highest BCUT2D eigenvalue weighted by Crippen LogP contribution is 2.35. The summed E-state index contributed by atoms with van der Waals surface area (Å²) in [7, 11) is -2.03. The Labute approximate surface area is 169 Å². The monoisotopic (exact) mass is 467 g/mol. The van der Waals surface area contributed by atoms with Gasteiger partial charge in [-0.3, -0.25) is 18.9 Å². The normalized spacial score (nSPS) is 11.6. The molecule has 0 atom stereocenters. The van der Waals surface area contributed by atoms with Gasteiger partial charge in [0.15, 0.2) is 0 Å². The number of nitrogens with zero attached hydrogens (tertiary/aromatic N) is 1. The number of rotatable bonds is 5. The minimum atomic E-state index is -3.51. The van der Waals surface area contributed by atoms with Crippen molar-refractivity contribution >= 4 is 48.5 Å². The molecule has 3 rings (SSSR count). The summed E-state index contributed by atoms with van der Waals surface area (Å²) in [5.41, 5.74) is 1.13. The van der Waals surface area contributed by atoms with Gasteiger partial charge >= 0.3 is 0 Å². The second-order valence-corrected chi connectivity index (χ2v) is 8.97. The van der Waals surface area contributed by atoms with E-state index in [9.17, 15) is 18.0 Å². The zero-order valence-corrected chi connectivity index (χ0v) is 17.8. The van der Waals surface area contributed by atoms with Crippen molar-refractivity contribution in [2.24, 2.45) is 0 Å². The fourth-order valence-electron chi connectivity index (χ4n) is 2.68. The molecule has 148 valence electrons. The molecule has 0 aliphatic rings. The van der Waals surface area contributed by atoms with Crippen molar-refractivity contribution in [2.75, 3.05) is 17.5 Å². The van der Waals surface area contributed by atoms with Crippen LogP contribution in [0, 0.1) is 6.92 Å². The van der Waals surface area contributed by atoms with Crippen LogP contribution in [0.3, 0.4) is 0 Å². The molecule has 28 heavy (non-hydrogen) atoms. The number of aromatic nitrogens is 1. The highest BCUT2D eigenvalue weighted by Gasteiger charge is 2.24. The minimum Gasteiger partial charge on any atom is -0.439 e. The molecule has 2 aromatic heterocycles. The van der Waals surface area contributed by atoms with Gasteiger partial charge in [0.05, 0.1) is 11.4 Å². The molecule has 0 saturated carbocycles. The van der Waals surface area contributed by atoms with Crippen LogP contribution in [-0.2, 0) is 10.0 Å². The molecule has 0 unspecified atom stereocenters. The first kappa shape index (κ1) is 20.2. The molecule has 8 nitrogen and oxygen atoms in total. The molecular formula is C18H18BrN3O5S. The van der Waals surface area contributed by atoms with Gasteiger partial charge in [-0.25, -0.2) is 8.42 Å². The van der Waals surface area contributed by atoms with Crippen LogP contribution < -0.4 is 15.6 Å². The predicted octanol–water partition coefficient (Wildman–Crippen LogP) is 2.78. The number of fused-ring (bicyclic) bond motifs is 1. The Balaban J connectivity index is 2.30. The topological polar surface area (TPSA) is 110 Å². The van der Waals surface area contributed by atoms with E-state index >= 15 is 0 Å². The second-order valence-electron chi connectivity index (χ2n) is 6.11. The summed E-state index contributed by atoms with van der Waals surface area (Å²) in [6.07, 6.45) is 1.53. The number of hydrogen-bond donors (Lipinski definition) is 2. The summed E-state index contributed by atoms with van der Waals surface area (Å²) in [5, 5.41) is 2.98. The highest BCUT2D eigenvalue weighted by atomic mass is 79.9. The van der Waals surface area contributed by atoms with Crippen LogP contribution in [0.4, 0.5) is 5.69 Å². The van der Waals surface area contributed by atoms with Crippen LogP contribution in [0.25, 0.3) is 16.9 Å². The Morgan fingerprint density at radius 1 is 1.29 bits per heavy atom. The molecule has 1 amide bonds. The maximum Gasteiger partial charge on any atom is 0.257 e. The maximum atomic E-state index is 12.5. The van der Waals surface area contributed by atoms with Crippen LogP contribution in [0.5, 0.6) is 0 Å². The number of benzene rings is 1. The molecule has 0 bridgehead atoms. The molecule has 0 spiro atoms. The SMILES string of the molecule is CCS(=O)(=O)Nc1cc2oc(-n3ccc(C)cc3=O)c(C(=O)NC)c2cc1Br. The number of carbonyl (C=O) groups excluding carboxylic acids is 1. The number of carbonyl (C=O) groups is 1. The van der Waals surface area contributed by atoms with E-state index in [2.05, 4.69) is 26.0 Å². The van der Waals surface area contributed by atoms with Gasteiger partial charge in [0.2, 0.25) is 15.9 Å². The lowest BCUT2D eigenvalue weighted by molar-refractivity contribution is 0.0964. The third-order valence-electron chi connectivity index (χ3n) is 4.15. The number of amides is 1. The van der Waals surface area contributed by atoms with E-state index < -0.39 is 15.9 Å². The van der Waals surface area contributed by atoms with Crippen molar-refractivity contribution < 1.29 is 17.6 Å². The second kappa shape index (κ2) is 7.44. The van der Waals surface area contributed by atoms with Crippen LogP contribution in [0.15, 0.2) is 44.1 Å². The standard InChI is InChI=1S/C18H18BrN3O5S/c1-4-28(25,26)21-13-9-14-11(8-12(13)19)16(17(24)20-3)18(27-14)22-6-5-10(2)7-15(22)23/h5-9,21H,4H2,1-3H3,(H,20,24). The van der Waals surface area contributed by atoms with Gasteiger partial charge in [0, 0.05) is 35.2 Å². The molecule has 1 aromatic carbocycles. The quantitative estimate of drug-likeness (QED) is 0.599. The van der Waals surface area contributed by atoms with E-state index in [0.717, 1.165) is 5.56 Å². The lowest BCUT2D eigenvalue weighted by Crippen LogP contribution is -2.23. The van der Waals surface area contributed by atoms with Gasteiger partial charge in [-0.05, 0) is 47.5 Å². The van der Waals surface area contributed by atoms with Crippen molar-refractivity contribution in [3.05, 3.63) is 56.4 Å². The Hall–Kier alpha value is -2.59. The van der Waals surface area contributed by atoms with Crippen molar-refractivity contribution in [2.45, 2.75) is 13.8 Å². The average Bonchev–Trinajstić information content (AvgIpc) is 2.99. The Morgan fingerprint density at radius 2 is 2.00 bits per heavy atom. The summed E-state index contributed by atoms with van der Waals surface area (Å²) in [5.74, 6) is -0.472. The third kappa shape index (κ3) is 3.69. The fraction of sp³-hybridized carbons (Fsp3) is 0.222. The first-order valence-electron chi connectivity index (χ1n) is 8.35. The van der Waals surface area contributed by atoms with Crippen LogP contribution in [0.1, 0.15) is 22.8 Å². The van der Waals surface area contributed by atoms with Gasteiger partial charge < -0.3 is 9.73 Å².